The fourth-order valence-electron chi connectivity index (χ4n) is 3.14. The van der Waals surface area contributed by atoms with Crippen LogP contribution < -0.4 is 5.32 Å². The number of amides is 1. The predicted octanol–water partition coefficient (Wildman–Crippen LogP) is 1.77. The summed E-state index contributed by atoms with van der Waals surface area (Å²) in [4.78, 5) is 16.6. The van der Waals surface area contributed by atoms with Crippen LogP contribution in [-0.2, 0) is 4.79 Å². The number of rotatable bonds is 4. The molecule has 0 aliphatic carbocycles. The first-order valence-electron chi connectivity index (χ1n) is 7.34. The first-order valence-corrected chi connectivity index (χ1v) is 7.34. The maximum atomic E-state index is 12.2. The second kappa shape index (κ2) is 9.82. The molecular formula is C14H29Cl2N3O. The first kappa shape index (κ1) is 20.0. The number of likely N-dealkylation sites (tertiary alicyclic amines) is 1. The highest BCUT2D eigenvalue weighted by molar-refractivity contribution is 5.85. The number of carbonyl (C=O) groups is 1. The molecule has 2 aliphatic heterocycles. The Morgan fingerprint density at radius 2 is 2.05 bits per heavy atom. The van der Waals surface area contributed by atoms with E-state index in [-0.39, 0.29) is 30.7 Å². The van der Waals surface area contributed by atoms with E-state index in [1.54, 1.807) is 0 Å². The molecule has 20 heavy (non-hydrogen) atoms. The van der Waals surface area contributed by atoms with E-state index in [0.29, 0.717) is 11.9 Å². The molecule has 0 saturated carbocycles. The van der Waals surface area contributed by atoms with Crippen molar-refractivity contribution in [3.05, 3.63) is 0 Å². The molecule has 2 rings (SSSR count). The normalized spacial score (nSPS) is 26.5. The number of hydrogen-bond acceptors (Lipinski definition) is 3. The third-order valence-electron chi connectivity index (χ3n) is 4.51. The Bertz CT molecular complexity index is 286. The molecule has 2 atom stereocenters. The maximum absolute atomic E-state index is 12.2. The van der Waals surface area contributed by atoms with Gasteiger partial charge in [0.2, 0.25) is 5.91 Å². The van der Waals surface area contributed by atoms with Crippen molar-refractivity contribution in [2.45, 2.75) is 38.1 Å². The van der Waals surface area contributed by atoms with Crippen LogP contribution in [0.1, 0.15) is 32.1 Å². The summed E-state index contributed by atoms with van der Waals surface area (Å²) in [6, 6.07) is 0.677. The lowest BCUT2D eigenvalue weighted by molar-refractivity contribution is -0.133. The minimum atomic E-state index is 0. The Hall–Kier alpha value is -0.0300. The molecule has 0 aromatic carbocycles. The number of piperidine rings is 1. The van der Waals surface area contributed by atoms with Gasteiger partial charge in [-0.1, -0.05) is 6.42 Å². The van der Waals surface area contributed by atoms with Crippen LogP contribution in [0.4, 0.5) is 0 Å². The third-order valence-corrected chi connectivity index (χ3v) is 4.51. The summed E-state index contributed by atoms with van der Waals surface area (Å²) in [5, 5.41) is 3.26. The van der Waals surface area contributed by atoms with E-state index in [9.17, 15) is 4.79 Å². The lowest BCUT2D eigenvalue weighted by Gasteiger charge is -2.33. The zero-order chi connectivity index (χ0) is 13.0. The van der Waals surface area contributed by atoms with Crippen molar-refractivity contribution in [3.8, 4) is 0 Å². The molecule has 2 heterocycles. The van der Waals surface area contributed by atoms with Gasteiger partial charge in [0.1, 0.15) is 0 Å². The highest BCUT2D eigenvalue weighted by atomic mass is 35.5. The van der Waals surface area contributed by atoms with Gasteiger partial charge in [0.05, 0.1) is 5.92 Å². The third kappa shape index (κ3) is 5.40. The smallest absolute Gasteiger partial charge is 0.226 e. The van der Waals surface area contributed by atoms with Crippen LogP contribution in [-0.4, -0.2) is 62.0 Å². The molecule has 0 bridgehead atoms. The van der Waals surface area contributed by atoms with Crippen molar-refractivity contribution in [3.63, 3.8) is 0 Å². The van der Waals surface area contributed by atoms with Gasteiger partial charge in [-0.15, -0.1) is 24.8 Å². The Kier molecular flexibility index (Phi) is 9.81. The number of hydrogen-bond donors (Lipinski definition) is 1. The lowest BCUT2D eigenvalue weighted by Crippen LogP contribution is -2.41. The molecule has 1 N–H and O–H groups in total. The SMILES string of the molecule is CN(CCC1CCCCN1C)C(=O)C1CCNC1.Cl.Cl. The van der Waals surface area contributed by atoms with Crippen LogP contribution in [0.15, 0.2) is 0 Å². The number of carbonyl (C=O) groups excluding carboxylic acids is 1. The largest absolute Gasteiger partial charge is 0.345 e. The predicted molar refractivity (Wildman–Crippen MR) is 88.0 cm³/mol. The molecule has 2 fully saturated rings. The van der Waals surface area contributed by atoms with E-state index in [0.717, 1.165) is 32.5 Å². The molecule has 0 aromatic rings. The van der Waals surface area contributed by atoms with E-state index in [4.69, 9.17) is 0 Å². The molecule has 0 aromatic heterocycles. The summed E-state index contributed by atoms with van der Waals surface area (Å²) in [7, 11) is 4.18. The van der Waals surface area contributed by atoms with E-state index < -0.39 is 0 Å². The minimum Gasteiger partial charge on any atom is -0.345 e. The molecule has 0 radical (unpaired) electrons. The minimum absolute atomic E-state index is 0. The maximum Gasteiger partial charge on any atom is 0.226 e. The second-order valence-corrected chi connectivity index (χ2v) is 5.87. The highest BCUT2D eigenvalue weighted by Gasteiger charge is 2.26. The number of nitrogens with one attached hydrogen (secondary N) is 1. The molecule has 2 saturated heterocycles. The zero-order valence-electron chi connectivity index (χ0n) is 12.6. The van der Waals surface area contributed by atoms with E-state index >= 15 is 0 Å². The Morgan fingerprint density at radius 1 is 1.30 bits per heavy atom. The summed E-state index contributed by atoms with van der Waals surface area (Å²) < 4.78 is 0. The first-order chi connectivity index (χ1) is 8.68. The Morgan fingerprint density at radius 3 is 2.65 bits per heavy atom. The summed E-state index contributed by atoms with van der Waals surface area (Å²) >= 11 is 0. The Labute approximate surface area is 135 Å². The molecule has 6 heteroatoms. The van der Waals surface area contributed by atoms with Crippen LogP contribution in [0.25, 0.3) is 0 Å². The van der Waals surface area contributed by atoms with Crippen molar-refractivity contribution in [2.75, 3.05) is 40.3 Å². The fraction of sp³-hybridized carbons (Fsp3) is 0.929. The van der Waals surface area contributed by atoms with Gasteiger partial charge in [0, 0.05) is 26.2 Å². The number of nitrogens with zero attached hydrogens (tertiary/aromatic N) is 2. The molecule has 120 valence electrons. The van der Waals surface area contributed by atoms with Crippen LogP contribution in [0.5, 0.6) is 0 Å². The monoisotopic (exact) mass is 325 g/mol. The molecule has 4 nitrogen and oxygen atoms in total. The van der Waals surface area contributed by atoms with Gasteiger partial charge in [-0.25, -0.2) is 0 Å². The van der Waals surface area contributed by atoms with E-state index in [1.807, 2.05) is 11.9 Å². The molecule has 2 aliphatic rings. The van der Waals surface area contributed by atoms with Crippen LogP contribution >= 0.6 is 24.8 Å². The summed E-state index contributed by atoms with van der Waals surface area (Å²) in [6.07, 6.45) is 6.10. The topological polar surface area (TPSA) is 35.6 Å². The average Bonchev–Trinajstić information content (AvgIpc) is 2.90. The molecule has 2 unspecified atom stereocenters. The van der Waals surface area contributed by atoms with Gasteiger partial charge in [0.25, 0.3) is 0 Å². The van der Waals surface area contributed by atoms with Gasteiger partial charge in [-0.05, 0) is 45.8 Å². The molecule has 0 spiro atoms. The highest BCUT2D eigenvalue weighted by Crippen LogP contribution is 2.18. The van der Waals surface area contributed by atoms with Crippen LogP contribution in [0, 0.1) is 5.92 Å². The summed E-state index contributed by atoms with van der Waals surface area (Å²) in [5.74, 6) is 0.553. The quantitative estimate of drug-likeness (QED) is 0.855. The fourth-order valence-corrected chi connectivity index (χ4v) is 3.14. The van der Waals surface area contributed by atoms with Gasteiger partial charge in [-0.3, -0.25) is 4.79 Å². The number of halogens is 2. The van der Waals surface area contributed by atoms with Gasteiger partial charge in [0.15, 0.2) is 0 Å². The van der Waals surface area contributed by atoms with E-state index in [1.165, 1.54) is 25.8 Å². The zero-order valence-corrected chi connectivity index (χ0v) is 14.3. The van der Waals surface area contributed by atoms with Crippen molar-refractivity contribution in [2.24, 2.45) is 5.92 Å². The van der Waals surface area contributed by atoms with Crippen molar-refractivity contribution >= 4 is 30.7 Å². The lowest BCUT2D eigenvalue weighted by atomic mass is 9.99. The average molecular weight is 326 g/mol. The molecule has 1 amide bonds. The summed E-state index contributed by atoms with van der Waals surface area (Å²) in [5.41, 5.74) is 0. The molecular weight excluding hydrogens is 297 g/mol. The van der Waals surface area contributed by atoms with Crippen molar-refractivity contribution < 1.29 is 4.79 Å². The van der Waals surface area contributed by atoms with E-state index in [2.05, 4.69) is 17.3 Å². The van der Waals surface area contributed by atoms with Crippen molar-refractivity contribution in [1.82, 2.24) is 15.1 Å². The van der Waals surface area contributed by atoms with Gasteiger partial charge in [-0.2, -0.15) is 0 Å². The van der Waals surface area contributed by atoms with Gasteiger partial charge < -0.3 is 15.1 Å². The van der Waals surface area contributed by atoms with Crippen LogP contribution in [0.2, 0.25) is 0 Å². The van der Waals surface area contributed by atoms with Crippen molar-refractivity contribution in [1.29, 1.82) is 0 Å². The van der Waals surface area contributed by atoms with Gasteiger partial charge >= 0.3 is 0 Å². The standard InChI is InChI=1S/C14H27N3O.2ClH/c1-16-9-4-3-5-13(16)7-10-17(2)14(18)12-6-8-15-11-12;;/h12-13,15H,3-11H2,1-2H3;2*1H. The van der Waals surface area contributed by atoms with Crippen LogP contribution in [0.3, 0.4) is 0 Å². The Balaban J connectivity index is 0.00000180. The second-order valence-electron chi connectivity index (χ2n) is 5.87. The summed E-state index contributed by atoms with van der Waals surface area (Å²) in [6.45, 7) is 3.99.